The van der Waals surface area contributed by atoms with Crippen LogP contribution in [-0.4, -0.2) is 12.5 Å². The summed E-state index contributed by atoms with van der Waals surface area (Å²) in [5.41, 5.74) is 8.27. The molecule has 3 N–H and O–H groups in total. The summed E-state index contributed by atoms with van der Waals surface area (Å²) in [6, 6.07) is 12.5. The van der Waals surface area contributed by atoms with Gasteiger partial charge in [0.25, 0.3) is 0 Å². The Kier molecular flexibility index (Phi) is 4.98. The Labute approximate surface area is 118 Å². The third-order valence-corrected chi connectivity index (χ3v) is 3.75. The first kappa shape index (κ1) is 13.6. The average molecular weight is 273 g/mol. The summed E-state index contributed by atoms with van der Waals surface area (Å²) in [6.07, 6.45) is 0.985. The van der Waals surface area contributed by atoms with Gasteiger partial charge in [0, 0.05) is 11.4 Å². The van der Waals surface area contributed by atoms with Gasteiger partial charge in [-0.25, -0.2) is 4.99 Å². The van der Waals surface area contributed by atoms with Crippen LogP contribution in [0.2, 0.25) is 0 Å². The Balaban J connectivity index is 1.74. The van der Waals surface area contributed by atoms with Gasteiger partial charge in [-0.15, -0.1) is 11.3 Å². The molecule has 1 heterocycles. The van der Waals surface area contributed by atoms with Crippen LogP contribution in [0.1, 0.15) is 16.0 Å². The maximum atomic E-state index is 5.83. The number of nitrogens with one attached hydrogen (secondary N) is 1. The molecule has 1 aromatic heterocycles. The van der Waals surface area contributed by atoms with E-state index in [2.05, 4.69) is 59.0 Å². The highest BCUT2D eigenvalue weighted by Crippen LogP contribution is 2.08. The second-order valence-electron chi connectivity index (χ2n) is 4.44. The molecule has 0 spiro atoms. The number of aryl methyl sites for hydroxylation is 1. The zero-order chi connectivity index (χ0) is 13.5. The van der Waals surface area contributed by atoms with Gasteiger partial charge in [-0.2, -0.15) is 0 Å². The first-order chi connectivity index (χ1) is 9.24. The summed E-state index contributed by atoms with van der Waals surface area (Å²) in [4.78, 5) is 5.69. The molecule has 0 fully saturated rings. The minimum absolute atomic E-state index is 0.511. The van der Waals surface area contributed by atoms with E-state index in [1.54, 1.807) is 11.3 Å². The molecule has 4 heteroatoms. The molecule has 3 nitrogen and oxygen atoms in total. The molecule has 0 aliphatic heterocycles. The first-order valence-electron chi connectivity index (χ1n) is 6.36. The Morgan fingerprint density at radius 2 is 2.05 bits per heavy atom. The van der Waals surface area contributed by atoms with E-state index in [0.717, 1.165) is 13.0 Å². The van der Waals surface area contributed by atoms with E-state index >= 15 is 0 Å². The molecular weight excluding hydrogens is 254 g/mol. The molecule has 0 saturated heterocycles. The monoisotopic (exact) mass is 273 g/mol. The summed E-state index contributed by atoms with van der Waals surface area (Å²) in [5, 5.41) is 5.22. The van der Waals surface area contributed by atoms with Crippen LogP contribution in [0.5, 0.6) is 0 Å². The van der Waals surface area contributed by atoms with Crippen LogP contribution < -0.4 is 11.1 Å². The van der Waals surface area contributed by atoms with E-state index in [1.165, 1.54) is 16.0 Å². The Bertz CT molecular complexity index is 515. The van der Waals surface area contributed by atoms with Crippen LogP contribution in [0.4, 0.5) is 0 Å². The third-order valence-electron chi connectivity index (χ3n) is 2.81. The summed E-state index contributed by atoms with van der Waals surface area (Å²) >= 11 is 1.77. The maximum Gasteiger partial charge on any atom is 0.188 e. The lowest BCUT2D eigenvalue weighted by atomic mass is 10.1. The number of benzene rings is 1. The predicted molar refractivity (Wildman–Crippen MR) is 82.5 cm³/mol. The van der Waals surface area contributed by atoms with Crippen molar-refractivity contribution in [2.24, 2.45) is 10.7 Å². The molecule has 2 aromatic rings. The van der Waals surface area contributed by atoms with Crippen LogP contribution >= 0.6 is 11.3 Å². The molecule has 0 aliphatic carbocycles. The molecule has 2 rings (SSSR count). The second kappa shape index (κ2) is 6.95. The topological polar surface area (TPSA) is 50.4 Å². The highest BCUT2D eigenvalue weighted by atomic mass is 32.1. The van der Waals surface area contributed by atoms with Crippen molar-refractivity contribution in [1.82, 2.24) is 5.32 Å². The molecule has 19 heavy (non-hydrogen) atoms. The number of nitrogens with two attached hydrogens (primary N) is 1. The van der Waals surface area contributed by atoms with Gasteiger partial charge >= 0.3 is 0 Å². The second-order valence-corrected chi connectivity index (χ2v) is 5.48. The quantitative estimate of drug-likeness (QED) is 0.650. The van der Waals surface area contributed by atoms with Crippen molar-refractivity contribution in [1.29, 1.82) is 0 Å². The van der Waals surface area contributed by atoms with E-state index in [1.807, 2.05) is 0 Å². The number of hydrogen-bond acceptors (Lipinski definition) is 2. The molecule has 0 unspecified atom stereocenters. The first-order valence-corrected chi connectivity index (χ1v) is 7.24. The lowest BCUT2D eigenvalue weighted by Crippen LogP contribution is -2.33. The fourth-order valence-electron chi connectivity index (χ4n) is 1.69. The number of hydrogen-bond donors (Lipinski definition) is 2. The van der Waals surface area contributed by atoms with Crippen molar-refractivity contribution >= 4 is 17.3 Å². The Hall–Kier alpha value is -1.81. The minimum atomic E-state index is 0.511. The van der Waals surface area contributed by atoms with Crippen molar-refractivity contribution in [2.75, 3.05) is 6.54 Å². The number of aliphatic imine (C=N–C) groups is 1. The fraction of sp³-hybridized carbons (Fsp3) is 0.267. The van der Waals surface area contributed by atoms with Gasteiger partial charge in [0.1, 0.15) is 0 Å². The average Bonchev–Trinajstić information content (AvgIpc) is 2.91. The van der Waals surface area contributed by atoms with Gasteiger partial charge < -0.3 is 11.1 Å². The van der Waals surface area contributed by atoms with Crippen LogP contribution in [0.15, 0.2) is 46.8 Å². The summed E-state index contributed by atoms with van der Waals surface area (Å²) in [7, 11) is 0. The summed E-state index contributed by atoms with van der Waals surface area (Å²) < 4.78 is 0. The van der Waals surface area contributed by atoms with Crippen LogP contribution in [0.3, 0.4) is 0 Å². The molecule has 0 aliphatic rings. The highest BCUT2D eigenvalue weighted by molar-refractivity contribution is 7.09. The number of rotatable bonds is 5. The molecule has 1 aromatic carbocycles. The van der Waals surface area contributed by atoms with Crippen molar-refractivity contribution in [3.05, 3.63) is 57.8 Å². The number of nitrogens with zero attached hydrogens (tertiary/aromatic N) is 1. The highest BCUT2D eigenvalue weighted by Gasteiger charge is 1.96. The third kappa shape index (κ3) is 4.75. The predicted octanol–water partition coefficient (Wildman–Crippen LogP) is 2.70. The van der Waals surface area contributed by atoms with E-state index in [0.29, 0.717) is 12.5 Å². The number of thiophene rings is 1. The van der Waals surface area contributed by atoms with Gasteiger partial charge in [0.05, 0.1) is 6.54 Å². The van der Waals surface area contributed by atoms with Crippen molar-refractivity contribution in [3.63, 3.8) is 0 Å². The standard InChI is InChI=1S/C15H19N3S/c1-12-4-6-13(7-5-12)11-18-15(16)17-9-8-14-3-2-10-19-14/h2-7,10H,8-9,11H2,1H3,(H3,16,17,18). The van der Waals surface area contributed by atoms with Crippen molar-refractivity contribution in [2.45, 2.75) is 19.9 Å². The van der Waals surface area contributed by atoms with E-state index in [4.69, 9.17) is 5.73 Å². The van der Waals surface area contributed by atoms with Crippen LogP contribution in [0.25, 0.3) is 0 Å². The lowest BCUT2D eigenvalue weighted by Gasteiger charge is -2.04. The molecule has 100 valence electrons. The Morgan fingerprint density at radius 1 is 1.26 bits per heavy atom. The van der Waals surface area contributed by atoms with Gasteiger partial charge in [0.2, 0.25) is 0 Å². The molecule has 0 amide bonds. The minimum Gasteiger partial charge on any atom is -0.370 e. The van der Waals surface area contributed by atoms with Crippen LogP contribution in [-0.2, 0) is 13.0 Å². The molecule has 0 radical (unpaired) electrons. The molecule has 0 saturated carbocycles. The smallest absolute Gasteiger partial charge is 0.188 e. The van der Waals surface area contributed by atoms with E-state index in [-0.39, 0.29) is 0 Å². The normalized spacial score (nSPS) is 11.5. The van der Waals surface area contributed by atoms with Crippen molar-refractivity contribution < 1.29 is 0 Å². The van der Waals surface area contributed by atoms with Gasteiger partial charge in [-0.3, -0.25) is 0 Å². The van der Waals surface area contributed by atoms with Crippen molar-refractivity contribution in [3.8, 4) is 0 Å². The zero-order valence-corrected chi connectivity index (χ0v) is 11.9. The number of guanidine groups is 1. The van der Waals surface area contributed by atoms with E-state index < -0.39 is 0 Å². The molecule has 0 atom stereocenters. The van der Waals surface area contributed by atoms with Gasteiger partial charge in [-0.05, 0) is 30.4 Å². The van der Waals surface area contributed by atoms with Crippen LogP contribution in [0, 0.1) is 6.92 Å². The van der Waals surface area contributed by atoms with E-state index in [9.17, 15) is 0 Å². The molecule has 0 bridgehead atoms. The summed E-state index contributed by atoms with van der Waals surface area (Å²) in [5.74, 6) is 0.511. The fourth-order valence-corrected chi connectivity index (χ4v) is 2.40. The van der Waals surface area contributed by atoms with Gasteiger partial charge in [0.15, 0.2) is 5.96 Å². The SMILES string of the molecule is Cc1ccc(CN=C(N)NCCc2cccs2)cc1. The lowest BCUT2D eigenvalue weighted by molar-refractivity contribution is 0.857. The largest absolute Gasteiger partial charge is 0.370 e. The van der Waals surface area contributed by atoms with Gasteiger partial charge in [-0.1, -0.05) is 35.9 Å². The maximum absolute atomic E-state index is 5.83. The zero-order valence-electron chi connectivity index (χ0n) is 11.1. The molecular formula is C15H19N3S. The summed E-state index contributed by atoms with van der Waals surface area (Å²) in [6.45, 7) is 3.52. The Morgan fingerprint density at radius 3 is 2.74 bits per heavy atom.